The summed E-state index contributed by atoms with van der Waals surface area (Å²) in [6.45, 7) is 18.9. The molecule has 0 aliphatic heterocycles. The summed E-state index contributed by atoms with van der Waals surface area (Å²) in [4.78, 5) is 27.1. The zero-order valence-electron chi connectivity index (χ0n) is 21.9. The van der Waals surface area contributed by atoms with Crippen molar-refractivity contribution in [1.82, 2.24) is 0 Å². The second-order valence-corrected chi connectivity index (χ2v) is 14.3. The zero-order chi connectivity index (χ0) is 23.5. The molecule has 0 saturated heterocycles. The summed E-state index contributed by atoms with van der Waals surface area (Å²) in [7, 11) is 0. The van der Waals surface area contributed by atoms with Gasteiger partial charge in [-0.2, -0.15) is 0 Å². The van der Waals surface area contributed by atoms with E-state index >= 15 is 0 Å². The molecule has 0 aromatic rings. The molecule has 4 fully saturated rings. The van der Waals surface area contributed by atoms with Gasteiger partial charge in [-0.25, -0.2) is 0 Å². The van der Waals surface area contributed by atoms with Gasteiger partial charge < -0.3 is 0 Å². The van der Waals surface area contributed by atoms with Gasteiger partial charge in [0, 0.05) is 17.3 Å². The highest BCUT2D eigenvalue weighted by atomic mass is 16.1. The van der Waals surface area contributed by atoms with Gasteiger partial charge in [-0.3, -0.25) is 9.59 Å². The minimum Gasteiger partial charge on any atom is -0.299 e. The van der Waals surface area contributed by atoms with Crippen LogP contribution in [0.2, 0.25) is 0 Å². The Bertz CT molecular complexity index is 895. The number of carbonyl (C=O) groups is 2. The lowest BCUT2D eigenvalue weighted by Crippen LogP contribution is -2.64. The molecule has 2 heteroatoms. The molecule has 0 heterocycles. The van der Waals surface area contributed by atoms with Gasteiger partial charge in [0.05, 0.1) is 0 Å². The molecule has 8 atom stereocenters. The van der Waals surface area contributed by atoms with Crippen LogP contribution in [-0.4, -0.2) is 11.6 Å². The Labute approximate surface area is 196 Å². The van der Waals surface area contributed by atoms with Gasteiger partial charge in [0.15, 0.2) is 5.78 Å². The summed E-state index contributed by atoms with van der Waals surface area (Å²) < 4.78 is 0. The van der Waals surface area contributed by atoms with E-state index in [1.54, 1.807) is 0 Å². The standard InChI is InChI=1S/C30H46O2/c1-18(2)19-9-12-23-28(19,6)15-16-29(7)20-10-11-22-26(3,4)24(31)13-14-27(22,5)21(20)17-25(32)30(23,29)8/h17-20,22-23H,9-16H2,1-8H3/t19-,20+,22+,23-,27-,28-,29-,30-/m1/s1. The summed E-state index contributed by atoms with van der Waals surface area (Å²) in [6, 6.07) is 0. The van der Waals surface area contributed by atoms with Crippen LogP contribution in [0.5, 0.6) is 0 Å². The summed E-state index contributed by atoms with van der Waals surface area (Å²) in [5, 5.41) is 0. The van der Waals surface area contributed by atoms with E-state index in [-0.39, 0.29) is 21.7 Å². The number of hydrogen-bond acceptors (Lipinski definition) is 2. The highest BCUT2D eigenvalue weighted by Crippen LogP contribution is 2.75. The highest BCUT2D eigenvalue weighted by molar-refractivity contribution is 5.98. The fourth-order valence-corrected chi connectivity index (χ4v) is 10.8. The predicted molar refractivity (Wildman–Crippen MR) is 130 cm³/mol. The van der Waals surface area contributed by atoms with Crippen LogP contribution in [-0.2, 0) is 9.59 Å². The van der Waals surface area contributed by atoms with Crippen molar-refractivity contribution in [3.63, 3.8) is 0 Å². The van der Waals surface area contributed by atoms with E-state index in [9.17, 15) is 9.59 Å². The van der Waals surface area contributed by atoms with Crippen LogP contribution in [0, 0.1) is 56.7 Å². The van der Waals surface area contributed by atoms with Crippen molar-refractivity contribution in [1.29, 1.82) is 0 Å². The van der Waals surface area contributed by atoms with Gasteiger partial charge in [-0.1, -0.05) is 61.0 Å². The zero-order valence-corrected chi connectivity index (χ0v) is 21.9. The smallest absolute Gasteiger partial charge is 0.162 e. The first-order valence-electron chi connectivity index (χ1n) is 13.5. The lowest BCUT2D eigenvalue weighted by atomic mass is 9.35. The quantitative estimate of drug-likeness (QED) is 0.427. The molecular weight excluding hydrogens is 392 g/mol. The van der Waals surface area contributed by atoms with E-state index in [0.717, 1.165) is 25.2 Å². The number of ketones is 2. The minimum atomic E-state index is -0.273. The summed E-state index contributed by atoms with van der Waals surface area (Å²) in [5.41, 5.74) is 1.25. The fourth-order valence-electron chi connectivity index (χ4n) is 10.8. The maximum absolute atomic E-state index is 14.3. The summed E-state index contributed by atoms with van der Waals surface area (Å²) >= 11 is 0. The lowest BCUT2D eigenvalue weighted by molar-refractivity contribution is -0.173. The molecule has 0 amide bonds. The number of Topliss-reactive ketones (excluding diaryl/α,β-unsaturated/α-hetero) is 1. The first-order chi connectivity index (χ1) is 14.7. The Kier molecular flexibility index (Phi) is 4.71. The van der Waals surface area contributed by atoms with E-state index in [1.807, 2.05) is 0 Å². The number of allylic oxidation sites excluding steroid dienone is 2. The first-order valence-corrected chi connectivity index (χ1v) is 13.5. The maximum atomic E-state index is 14.3. The van der Waals surface area contributed by atoms with Gasteiger partial charge in [-0.05, 0) is 96.9 Å². The molecule has 0 unspecified atom stereocenters. The second kappa shape index (κ2) is 6.60. The molecule has 0 bridgehead atoms. The Morgan fingerprint density at radius 2 is 1.50 bits per heavy atom. The van der Waals surface area contributed by atoms with Crippen LogP contribution < -0.4 is 0 Å². The van der Waals surface area contributed by atoms with Crippen molar-refractivity contribution in [3.05, 3.63) is 11.6 Å². The topological polar surface area (TPSA) is 34.1 Å². The molecule has 0 radical (unpaired) electrons. The maximum Gasteiger partial charge on any atom is 0.162 e. The average molecular weight is 439 g/mol. The Morgan fingerprint density at radius 3 is 2.16 bits per heavy atom. The number of rotatable bonds is 1. The predicted octanol–water partition coefficient (Wildman–Crippen LogP) is 7.41. The van der Waals surface area contributed by atoms with Crippen molar-refractivity contribution in [2.45, 2.75) is 107 Å². The Hall–Kier alpha value is -0.920. The van der Waals surface area contributed by atoms with Gasteiger partial charge >= 0.3 is 0 Å². The van der Waals surface area contributed by atoms with Crippen LogP contribution in [0.25, 0.3) is 0 Å². The van der Waals surface area contributed by atoms with E-state index in [1.165, 1.54) is 31.3 Å². The van der Waals surface area contributed by atoms with Crippen LogP contribution in [0.1, 0.15) is 107 Å². The Balaban J connectivity index is 1.62. The third-order valence-electron chi connectivity index (χ3n) is 12.9. The molecule has 0 N–H and O–H groups in total. The van der Waals surface area contributed by atoms with Crippen molar-refractivity contribution in [2.24, 2.45) is 56.7 Å². The van der Waals surface area contributed by atoms with E-state index < -0.39 is 0 Å². The molecule has 2 nitrogen and oxygen atoms in total. The molecule has 32 heavy (non-hydrogen) atoms. The van der Waals surface area contributed by atoms with Gasteiger partial charge in [0.25, 0.3) is 0 Å². The van der Waals surface area contributed by atoms with Crippen molar-refractivity contribution in [2.75, 3.05) is 0 Å². The summed E-state index contributed by atoms with van der Waals surface area (Å²) in [6.07, 6.45) is 11.0. The molecular formula is C30H46O2. The highest BCUT2D eigenvalue weighted by Gasteiger charge is 2.71. The molecule has 178 valence electrons. The third kappa shape index (κ3) is 2.43. The largest absolute Gasteiger partial charge is 0.299 e. The van der Waals surface area contributed by atoms with Crippen LogP contribution in [0.4, 0.5) is 0 Å². The monoisotopic (exact) mass is 438 g/mol. The lowest BCUT2D eigenvalue weighted by Gasteiger charge is -2.67. The van der Waals surface area contributed by atoms with Crippen molar-refractivity contribution < 1.29 is 9.59 Å². The second-order valence-electron chi connectivity index (χ2n) is 14.3. The van der Waals surface area contributed by atoms with Crippen molar-refractivity contribution in [3.8, 4) is 0 Å². The number of fused-ring (bicyclic) bond motifs is 7. The van der Waals surface area contributed by atoms with Crippen LogP contribution in [0.3, 0.4) is 0 Å². The SMILES string of the molecule is CC(C)[C@H]1CC[C@@H]2[C@]1(C)CC[C@]1(C)[C@H]3CC[C@H]4C(C)(C)C(=O)CC[C@]4(C)C3=CC(=O)[C@@]21C. The average Bonchev–Trinajstić information content (AvgIpc) is 3.07. The molecule has 5 aliphatic rings. The minimum absolute atomic E-state index is 0.00276. The molecule has 0 aromatic carbocycles. The van der Waals surface area contributed by atoms with Crippen LogP contribution >= 0.6 is 0 Å². The summed E-state index contributed by atoms with van der Waals surface area (Å²) in [5.74, 6) is 3.65. The molecule has 0 spiro atoms. The fraction of sp³-hybridized carbons (Fsp3) is 0.867. The van der Waals surface area contributed by atoms with E-state index in [4.69, 9.17) is 0 Å². The molecule has 5 aliphatic carbocycles. The van der Waals surface area contributed by atoms with E-state index in [2.05, 4.69) is 61.5 Å². The van der Waals surface area contributed by atoms with Gasteiger partial charge in [0.1, 0.15) is 5.78 Å². The molecule has 4 saturated carbocycles. The first kappa shape index (κ1) is 22.9. The molecule has 0 aromatic heterocycles. The normalized spacial score (nSPS) is 52.1. The number of carbonyl (C=O) groups excluding carboxylic acids is 2. The number of hydrogen-bond donors (Lipinski definition) is 0. The van der Waals surface area contributed by atoms with E-state index in [0.29, 0.717) is 47.1 Å². The van der Waals surface area contributed by atoms with Crippen LogP contribution in [0.15, 0.2) is 11.6 Å². The van der Waals surface area contributed by atoms with Crippen molar-refractivity contribution >= 4 is 11.6 Å². The van der Waals surface area contributed by atoms with Gasteiger partial charge in [0.2, 0.25) is 0 Å². The third-order valence-corrected chi connectivity index (χ3v) is 12.9. The molecule has 5 rings (SSSR count). The Morgan fingerprint density at radius 1 is 0.844 bits per heavy atom. The van der Waals surface area contributed by atoms with Gasteiger partial charge in [-0.15, -0.1) is 0 Å².